The maximum absolute atomic E-state index is 11.8. The molecule has 1 amide bonds. The van der Waals surface area contributed by atoms with Crippen LogP contribution in [0.1, 0.15) is 26.2 Å². The van der Waals surface area contributed by atoms with Crippen molar-refractivity contribution in [1.29, 1.82) is 0 Å². The number of nitrogens with zero attached hydrogens (tertiary/aromatic N) is 2. The Bertz CT molecular complexity index is 260. The maximum atomic E-state index is 11.8. The Morgan fingerprint density at radius 3 is 2.29 bits per heavy atom. The van der Waals surface area contributed by atoms with E-state index in [9.17, 15) is 9.59 Å². The molecule has 1 N–H and O–H groups in total. The predicted molar refractivity (Wildman–Crippen MR) is 64.6 cm³/mol. The van der Waals surface area contributed by atoms with Crippen molar-refractivity contribution in [1.82, 2.24) is 9.80 Å². The minimum absolute atomic E-state index is 0.0791. The lowest BCUT2D eigenvalue weighted by atomic mass is 10.1. The van der Waals surface area contributed by atoms with E-state index in [0.717, 1.165) is 13.1 Å². The number of aliphatic hydroxyl groups excluding tert-OH is 1. The van der Waals surface area contributed by atoms with Crippen LogP contribution in [0.25, 0.3) is 0 Å². The van der Waals surface area contributed by atoms with E-state index >= 15 is 0 Å². The van der Waals surface area contributed by atoms with Gasteiger partial charge in [0.05, 0.1) is 6.61 Å². The van der Waals surface area contributed by atoms with E-state index < -0.39 is 0 Å². The Morgan fingerprint density at radius 1 is 1.12 bits per heavy atom. The third-order valence-corrected chi connectivity index (χ3v) is 3.15. The second-order valence-corrected chi connectivity index (χ2v) is 4.34. The van der Waals surface area contributed by atoms with Crippen LogP contribution in [0.15, 0.2) is 0 Å². The van der Waals surface area contributed by atoms with Crippen molar-refractivity contribution in [3.63, 3.8) is 0 Å². The molecule has 0 unspecified atom stereocenters. The highest BCUT2D eigenvalue weighted by atomic mass is 16.3. The van der Waals surface area contributed by atoms with Crippen LogP contribution < -0.4 is 0 Å². The zero-order chi connectivity index (χ0) is 12.7. The third-order valence-electron chi connectivity index (χ3n) is 3.15. The molecule has 0 radical (unpaired) electrons. The molecule has 5 heteroatoms. The van der Waals surface area contributed by atoms with Crippen molar-refractivity contribution in [2.24, 2.45) is 0 Å². The molecule has 1 saturated heterocycles. The van der Waals surface area contributed by atoms with Gasteiger partial charge in [-0.15, -0.1) is 0 Å². The summed E-state index contributed by atoms with van der Waals surface area (Å²) in [5, 5.41) is 8.81. The molecule has 0 saturated carbocycles. The van der Waals surface area contributed by atoms with Gasteiger partial charge >= 0.3 is 0 Å². The van der Waals surface area contributed by atoms with Crippen LogP contribution >= 0.6 is 0 Å². The molecular formula is C12H22N2O3. The van der Waals surface area contributed by atoms with E-state index in [2.05, 4.69) is 4.90 Å². The van der Waals surface area contributed by atoms with Crippen LogP contribution in [0.3, 0.4) is 0 Å². The first kappa shape index (κ1) is 14.1. The fourth-order valence-electron chi connectivity index (χ4n) is 1.94. The van der Waals surface area contributed by atoms with Gasteiger partial charge in [-0.05, 0) is 0 Å². The average molecular weight is 242 g/mol. The minimum atomic E-state index is 0.0791. The number of rotatable bonds is 6. The van der Waals surface area contributed by atoms with E-state index in [1.165, 1.54) is 0 Å². The second-order valence-electron chi connectivity index (χ2n) is 4.34. The number of Topliss-reactive ketones (excluding diaryl/α,β-unsaturated/α-hetero) is 1. The molecule has 0 atom stereocenters. The van der Waals surface area contributed by atoms with Crippen molar-refractivity contribution >= 4 is 11.7 Å². The minimum Gasteiger partial charge on any atom is -0.395 e. The fourth-order valence-corrected chi connectivity index (χ4v) is 1.94. The average Bonchev–Trinajstić information content (AvgIpc) is 2.36. The second kappa shape index (κ2) is 7.40. The van der Waals surface area contributed by atoms with Crippen LogP contribution in [-0.4, -0.2) is 65.9 Å². The molecule has 0 spiro atoms. The quantitative estimate of drug-likeness (QED) is 0.705. The van der Waals surface area contributed by atoms with Crippen molar-refractivity contribution in [2.45, 2.75) is 26.2 Å². The molecule has 1 aliphatic rings. The predicted octanol–water partition coefficient (Wildman–Crippen LogP) is -0.118. The highest BCUT2D eigenvalue weighted by Gasteiger charge is 2.20. The Kier molecular flexibility index (Phi) is 6.15. The largest absolute Gasteiger partial charge is 0.395 e. The van der Waals surface area contributed by atoms with Gasteiger partial charge in [0.25, 0.3) is 0 Å². The Morgan fingerprint density at radius 2 is 1.76 bits per heavy atom. The molecule has 0 aromatic carbocycles. The van der Waals surface area contributed by atoms with Crippen LogP contribution in [0.5, 0.6) is 0 Å². The number of hydrogen-bond acceptors (Lipinski definition) is 4. The van der Waals surface area contributed by atoms with Crippen molar-refractivity contribution in [3.8, 4) is 0 Å². The van der Waals surface area contributed by atoms with Gasteiger partial charge in [-0.3, -0.25) is 14.5 Å². The number of ketones is 1. The van der Waals surface area contributed by atoms with Gasteiger partial charge in [-0.1, -0.05) is 6.92 Å². The summed E-state index contributed by atoms with van der Waals surface area (Å²) in [5.41, 5.74) is 0. The molecule has 1 aliphatic heterocycles. The maximum Gasteiger partial charge on any atom is 0.223 e. The summed E-state index contributed by atoms with van der Waals surface area (Å²) in [6.07, 6.45) is 1.22. The Labute approximate surface area is 102 Å². The van der Waals surface area contributed by atoms with Gasteiger partial charge in [0.2, 0.25) is 5.91 Å². The zero-order valence-corrected chi connectivity index (χ0v) is 10.5. The van der Waals surface area contributed by atoms with Crippen LogP contribution in [0, 0.1) is 0 Å². The summed E-state index contributed by atoms with van der Waals surface area (Å²) >= 11 is 0. The van der Waals surface area contributed by atoms with Gasteiger partial charge in [0.1, 0.15) is 5.78 Å². The SMILES string of the molecule is CCC(=O)CCC(=O)N1CCN(CCO)CC1. The summed E-state index contributed by atoms with van der Waals surface area (Å²) in [6, 6.07) is 0. The number of β-amino-alcohol motifs (C(OH)–C–C–N with tert-alkyl or cyclic N) is 1. The molecular weight excluding hydrogens is 220 g/mol. The molecule has 1 heterocycles. The number of piperazine rings is 1. The van der Waals surface area contributed by atoms with Gasteiger partial charge in [0, 0.05) is 52.0 Å². The molecule has 0 aromatic heterocycles. The van der Waals surface area contributed by atoms with Crippen LogP contribution in [-0.2, 0) is 9.59 Å². The van der Waals surface area contributed by atoms with Gasteiger partial charge in [0.15, 0.2) is 0 Å². The molecule has 0 aliphatic carbocycles. The van der Waals surface area contributed by atoms with E-state index in [1.807, 2.05) is 11.8 Å². The van der Waals surface area contributed by atoms with Crippen molar-refractivity contribution in [2.75, 3.05) is 39.3 Å². The first-order valence-electron chi connectivity index (χ1n) is 6.30. The molecule has 1 fully saturated rings. The van der Waals surface area contributed by atoms with E-state index in [0.29, 0.717) is 38.9 Å². The van der Waals surface area contributed by atoms with E-state index in [1.54, 1.807) is 0 Å². The summed E-state index contributed by atoms with van der Waals surface area (Å²) in [5.74, 6) is 0.229. The van der Waals surface area contributed by atoms with E-state index in [4.69, 9.17) is 5.11 Å². The topological polar surface area (TPSA) is 60.9 Å². The molecule has 17 heavy (non-hydrogen) atoms. The summed E-state index contributed by atoms with van der Waals surface area (Å²) in [7, 11) is 0. The fraction of sp³-hybridized carbons (Fsp3) is 0.833. The first-order chi connectivity index (χ1) is 8.17. The molecule has 0 bridgehead atoms. The number of aliphatic hydroxyl groups is 1. The molecule has 0 aromatic rings. The molecule has 98 valence electrons. The number of amides is 1. The van der Waals surface area contributed by atoms with Crippen LogP contribution in [0.2, 0.25) is 0 Å². The van der Waals surface area contributed by atoms with Gasteiger partial charge in [-0.2, -0.15) is 0 Å². The summed E-state index contributed by atoms with van der Waals surface area (Å²) in [4.78, 5) is 26.9. The number of carbonyl (C=O) groups excluding carboxylic acids is 2. The van der Waals surface area contributed by atoms with E-state index in [-0.39, 0.29) is 18.3 Å². The normalized spacial score (nSPS) is 17.2. The van der Waals surface area contributed by atoms with Gasteiger partial charge in [-0.25, -0.2) is 0 Å². The number of hydrogen-bond donors (Lipinski definition) is 1. The lowest BCUT2D eigenvalue weighted by Gasteiger charge is -2.34. The molecule has 1 rings (SSSR count). The zero-order valence-electron chi connectivity index (χ0n) is 10.5. The monoisotopic (exact) mass is 242 g/mol. The first-order valence-corrected chi connectivity index (χ1v) is 6.30. The van der Waals surface area contributed by atoms with Crippen molar-refractivity contribution in [3.05, 3.63) is 0 Å². The molecule has 5 nitrogen and oxygen atoms in total. The standard InChI is InChI=1S/C12H22N2O3/c1-2-11(16)3-4-12(17)14-7-5-13(6-8-14)9-10-15/h15H,2-10H2,1H3. The highest BCUT2D eigenvalue weighted by molar-refractivity contribution is 5.84. The lowest BCUT2D eigenvalue weighted by molar-refractivity contribution is -0.134. The van der Waals surface area contributed by atoms with Crippen molar-refractivity contribution < 1.29 is 14.7 Å². The van der Waals surface area contributed by atoms with Crippen LogP contribution in [0.4, 0.5) is 0 Å². The Balaban J connectivity index is 2.23. The lowest BCUT2D eigenvalue weighted by Crippen LogP contribution is -2.49. The van der Waals surface area contributed by atoms with Gasteiger partial charge < -0.3 is 10.0 Å². The highest BCUT2D eigenvalue weighted by Crippen LogP contribution is 2.05. The smallest absolute Gasteiger partial charge is 0.223 e. The number of carbonyl (C=O) groups is 2. The summed E-state index contributed by atoms with van der Waals surface area (Å²) in [6.45, 7) is 5.70. The Hall–Kier alpha value is -0.940. The summed E-state index contributed by atoms with van der Waals surface area (Å²) < 4.78 is 0. The third kappa shape index (κ3) is 4.83.